The van der Waals surface area contributed by atoms with Gasteiger partial charge >= 0.3 is 11.8 Å². The summed E-state index contributed by atoms with van der Waals surface area (Å²) in [5.74, 6) is -0.592. The van der Waals surface area contributed by atoms with Crippen molar-refractivity contribution >= 4 is 29.4 Å². The maximum atomic E-state index is 13.5. The molecule has 0 atom stereocenters. The van der Waals surface area contributed by atoms with E-state index in [1.54, 1.807) is 6.92 Å². The van der Waals surface area contributed by atoms with Crippen molar-refractivity contribution in [3.8, 4) is 0 Å². The van der Waals surface area contributed by atoms with Crippen LogP contribution in [-0.2, 0) is 10.5 Å². The molecular formula is C10H9FN2O4S. The number of hydrogen-bond acceptors (Lipinski definition) is 5. The summed E-state index contributed by atoms with van der Waals surface area (Å²) >= 11 is 1.12. The Morgan fingerprint density at radius 2 is 2.39 bits per heavy atom. The second kappa shape index (κ2) is 4.81. The molecule has 6 nitrogen and oxygen atoms in total. The monoisotopic (exact) mass is 272 g/mol. The predicted molar refractivity (Wildman–Crippen MR) is 63.9 cm³/mol. The summed E-state index contributed by atoms with van der Waals surface area (Å²) < 4.78 is 19.5. The van der Waals surface area contributed by atoms with Crippen LogP contribution >= 0.6 is 11.9 Å². The summed E-state index contributed by atoms with van der Waals surface area (Å²) in [5.41, 5.74) is 0.266. The van der Waals surface area contributed by atoms with E-state index in [0.717, 1.165) is 24.1 Å². The largest absolute Gasteiger partial charge is 0.449 e. The molecule has 0 aromatic heterocycles. The van der Waals surface area contributed by atoms with Gasteiger partial charge in [-0.1, -0.05) is 0 Å². The predicted octanol–water partition coefficient (Wildman–Crippen LogP) is 2.86. The maximum absolute atomic E-state index is 13.5. The fourth-order valence-electron chi connectivity index (χ4n) is 1.58. The van der Waals surface area contributed by atoms with E-state index in [1.807, 2.05) is 0 Å². The lowest BCUT2D eigenvalue weighted by molar-refractivity contribution is -0.387. The van der Waals surface area contributed by atoms with Crippen molar-refractivity contribution in [2.75, 3.05) is 10.9 Å². The number of anilines is 1. The Bertz CT molecular complexity index is 523. The Hall–Kier alpha value is -1.83. The molecule has 2 rings (SSSR count). The third-order valence-corrected chi connectivity index (χ3v) is 3.39. The van der Waals surface area contributed by atoms with E-state index in [0.29, 0.717) is 17.0 Å². The second-order valence-electron chi connectivity index (χ2n) is 3.46. The first kappa shape index (κ1) is 12.6. The number of nitrogens with zero attached hydrogens (tertiary/aromatic N) is 2. The fraction of sp³-hybridized carbons (Fsp3) is 0.300. The molecule has 1 heterocycles. The van der Waals surface area contributed by atoms with E-state index in [1.165, 1.54) is 4.31 Å². The number of fused-ring (bicyclic) bond motifs is 1. The van der Waals surface area contributed by atoms with Gasteiger partial charge in [0.2, 0.25) is 5.82 Å². The normalized spacial score (nSPS) is 13.3. The number of carbonyl (C=O) groups is 1. The number of halogens is 1. The SMILES string of the molecule is CCOC(=O)N1SCc2cc([N+](=O)[O-])c(F)cc21. The molecule has 0 unspecified atom stereocenters. The first-order chi connectivity index (χ1) is 8.54. The Morgan fingerprint density at radius 3 is 3.00 bits per heavy atom. The summed E-state index contributed by atoms with van der Waals surface area (Å²) in [4.78, 5) is 21.4. The fourth-order valence-corrected chi connectivity index (χ4v) is 2.54. The number of hydrogen-bond donors (Lipinski definition) is 0. The molecule has 1 amide bonds. The molecule has 18 heavy (non-hydrogen) atoms. The van der Waals surface area contributed by atoms with E-state index in [-0.39, 0.29) is 6.61 Å². The Labute approximate surface area is 106 Å². The summed E-state index contributed by atoms with van der Waals surface area (Å²) in [7, 11) is 0. The summed E-state index contributed by atoms with van der Waals surface area (Å²) in [6.07, 6.45) is -0.602. The molecule has 0 bridgehead atoms. The number of nitro groups is 1. The van der Waals surface area contributed by atoms with Gasteiger partial charge in [-0.05, 0) is 24.4 Å². The number of ether oxygens (including phenoxy) is 1. The smallest absolute Gasteiger partial charge is 0.424 e. The Morgan fingerprint density at radius 1 is 1.67 bits per heavy atom. The number of rotatable bonds is 2. The first-order valence-corrected chi connectivity index (χ1v) is 6.05. The highest BCUT2D eigenvalue weighted by molar-refractivity contribution is 8.01. The highest BCUT2D eigenvalue weighted by atomic mass is 32.2. The second-order valence-corrected chi connectivity index (χ2v) is 4.37. The minimum absolute atomic E-state index is 0.209. The van der Waals surface area contributed by atoms with Gasteiger partial charge in [0.25, 0.3) is 0 Å². The van der Waals surface area contributed by atoms with Crippen molar-refractivity contribution in [2.45, 2.75) is 12.7 Å². The molecule has 0 spiro atoms. The molecule has 0 aliphatic carbocycles. The molecule has 1 aliphatic heterocycles. The quantitative estimate of drug-likeness (QED) is 0.470. The number of carbonyl (C=O) groups excluding carboxylic acids is 1. The zero-order chi connectivity index (χ0) is 13.3. The van der Waals surface area contributed by atoms with Crippen molar-refractivity contribution < 1.29 is 18.8 Å². The van der Waals surface area contributed by atoms with Crippen LogP contribution in [0.15, 0.2) is 12.1 Å². The Kier molecular flexibility index (Phi) is 3.37. The van der Waals surface area contributed by atoms with Crippen molar-refractivity contribution in [3.63, 3.8) is 0 Å². The molecule has 1 aliphatic rings. The van der Waals surface area contributed by atoms with Crippen molar-refractivity contribution in [2.24, 2.45) is 0 Å². The van der Waals surface area contributed by atoms with Crippen LogP contribution in [0.2, 0.25) is 0 Å². The summed E-state index contributed by atoms with van der Waals surface area (Å²) in [6.45, 7) is 1.87. The van der Waals surface area contributed by atoms with E-state index in [9.17, 15) is 19.3 Å². The third kappa shape index (κ3) is 2.10. The van der Waals surface area contributed by atoms with Gasteiger partial charge in [0, 0.05) is 17.9 Å². The van der Waals surface area contributed by atoms with E-state index >= 15 is 0 Å². The zero-order valence-corrected chi connectivity index (χ0v) is 10.2. The highest BCUT2D eigenvalue weighted by Crippen LogP contribution is 2.41. The van der Waals surface area contributed by atoms with E-state index in [4.69, 9.17) is 4.74 Å². The third-order valence-electron chi connectivity index (χ3n) is 2.35. The molecule has 0 saturated heterocycles. The van der Waals surface area contributed by atoms with Crippen LogP contribution < -0.4 is 4.31 Å². The molecule has 1 aromatic rings. The van der Waals surface area contributed by atoms with Crippen LogP contribution in [0.3, 0.4) is 0 Å². The van der Waals surface area contributed by atoms with E-state index < -0.39 is 22.5 Å². The van der Waals surface area contributed by atoms with E-state index in [2.05, 4.69) is 0 Å². The van der Waals surface area contributed by atoms with Gasteiger partial charge in [-0.15, -0.1) is 0 Å². The van der Waals surface area contributed by atoms with Gasteiger partial charge < -0.3 is 4.74 Å². The number of benzene rings is 1. The highest BCUT2D eigenvalue weighted by Gasteiger charge is 2.30. The topological polar surface area (TPSA) is 72.7 Å². The number of nitro benzene ring substituents is 1. The van der Waals surface area contributed by atoms with Crippen LogP contribution in [0, 0.1) is 15.9 Å². The van der Waals surface area contributed by atoms with Crippen LogP contribution in [0.5, 0.6) is 0 Å². The molecule has 0 saturated carbocycles. The van der Waals surface area contributed by atoms with Gasteiger partial charge in [-0.25, -0.2) is 9.10 Å². The van der Waals surface area contributed by atoms with Gasteiger partial charge in [0.1, 0.15) is 0 Å². The molecule has 0 N–H and O–H groups in total. The molecule has 1 aromatic carbocycles. The molecule has 0 fully saturated rings. The van der Waals surface area contributed by atoms with Gasteiger partial charge in [-0.2, -0.15) is 4.39 Å². The minimum atomic E-state index is -0.962. The summed E-state index contributed by atoms with van der Waals surface area (Å²) in [6, 6.07) is 2.14. The zero-order valence-electron chi connectivity index (χ0n) is 9.38. The first-order valence-electron chi connectivity index (χ1n) is 5.11. The van der Waals surface area contributed by atoms with Gasteiger partial charge in [-0.3, -0.25) is 10.1 Å². The molecular weight excluding hydrogens is 263 g/mol. The average Bonchev–Trinajstić information content (AvgIpc) is 2.70. The van der Waals surface area contributed by atoms with Crippen molar-refractivity contribution in [3.05, 3.63) is 33.6 Å². The molecule has 96 valence electrons. The van der Waals surface area contributed by atoms with Gasteiger partial charge in [0.05, 0.1) is 17.2 Å². The maximum Gasteiger partial charge on any atom is 0.424 e. The van der Waals surface area contributed by atoms with Crippen molar-refractivity contribution in [1.29, 1.82) is 0 Å². The standard InChI is InChI=1S/C10H9FN2O4S/c1-2-17-10(14)12-8-4-7(11)9(13(15)16)3-6(8)5-18-12/h3-4H,2,5H2,1H3. The van der Waals surface area contributed by atoms with Crippen molar-refractivity contribution in [1.82, 2.24) is 0 Å². The summed E-state index contributed by atoms with van der Waals surface area (Å²) in [5, 5.41) is 10.6. The van der Waals surface area contributed by atoms with Crippen LogP contribution in [0.1, 0.15) is 12.5 Å². The van der Waals surface area contributed by atoms with Crippen LogP contribution in [-0.4, -0.2) is 17.6 Å². The average molecular weight is 272 g/mol. The molecule has 0 radical (unpaired) electrons. The lowest BCUT2D eigenvalue weighted by atomic mass is 10.1. The van der Waals surface area contributed by atoms with Gasteiger partial charge in [0.15, 0.2) is 0 Å². The van der Waals surface area contributed by atoms with Crippen LogP contribution in [0.4, 0.5) is 20.6 Å². The lowest BCUT2D eigenvalue weighted by Gasteiger charge is -2.14. The number of amides is 1. The molecule has 8 heteroatoms. The van der Waals surface area contributed by atoms with Crippen LogP contribution in [0.25, 0.3) is 0 Å². The Balaban J connectivity index is 2.37. The lowest BCUT2D eigenvalue weighted by Crippen LogP contribution is -2.22. The minimum Gasteiger partial charge on any atom is -0.449 e.